The van der Waals surface area contributed by atoms with E-state index in [4.69, 9.17) is 5.73 Å². The first-order valence-corrected chi connectivity index (χ1v) is 4.96. The molecule has 0 spiro atoms. The molecule has 0 aliphatic heterocycles. The molecule has 0 aliphatic rings. The topological polar surface area (TPSA) is 63.8 Å². The molecule has 0 aliphatic carbocycles. The van der Waals surface area contributed by atoms with E-state index in [2.05, 4.69) is 29.1 Å². The van der Waals surface area contributed by atoms with Crippen LogP contribution in [0.5, 0.6) is 0 Å². The van der Waals surface area contributed by atoms with E-state index in [9.17, 15) is 0 Å². The third-order valence-electron chi connectivity index (χ3n) is 2.20. The lowest BCUT2D eigenvalue weighted by atomic mass is 10.0. The summed E-state index contributed by atoms with van der Waals surface area (Å²) in [7, 11) is 0. The molecule has 0 bridgehead atoms. The Morgan fingerprint density at radius 3 is 2.79 bits per heavy atom. The molecule has 1 heterocycles. The quantitative estimate of drug-likeness (QED) is 0.740. The summed E-state index contributed by atoms with van der Waals surface area (Å²) in [6.45, 7) is 5.05. The van der Waals surface area contributed by atoms with E-state index in [0.29, 0.717) is 18.5 Å². The van der Waals surface area contributed by atoms with Gasteiger partial charge >= 0.3 is 0 Å². The van der Waals surface area contributed by atoms with Crippen molar-refractivity contribution in [2.24, 2.45) is 11.7 Å². The Morgan fingerprint density at radius 2 is 2.29 bits per heavy atom. The maximum Gasteiger partial charge on any atom is 0.129 e. The number of nitrogens with zero attached hydrogens (tertiary/aromatic N) is 2. The van der Waals surface area contributed by atoms with Crippen LogP contribution in [0, 0.1) is 5.92 Å². The number of hydrogen-bond acceptors (Lipinski definition) is 4. The second-order valence-electron chi connectivity index (χ2n) is 3.67. The number of rotatable bonds is 5. The highest BCUT2D eigenvalue weighted by Crippen LogP contribution is 2.11. The van der Waals surface area contributed by atoms with Crippen LogP contribution < -0.4 is 11.1 Å². The fourth-order valence-corrected chi connectivity index (χ4v) is 1.32. The van der Waals surface area contributed by atoms with Gasteiger partial charge in [0.15, 0.2) is 0 Å². The predicted octanol–water partition coefficient (Wildman–Crippen LogP) is 1.26. The smallest absolute Gasteiger partial charge is 0.129 e. The average Bonchev–Trinajstić information content (AvgIpc) is 2.18. The van der Waals surface area contributed by atoms with Gasteiger partial charge in [-0.3, -0.25) is 0 Å². The fraction of sp³-hybridized carbons (Fsp3) is 0.600. The number of aromatic nitrogens is 2. The minimum absolute atomic E-state index is 0.384. The Balaban J connectivity index is 2.55. The van der Waals surface area contributed by atoms with Gasteiger partial charge in [-0.15, -0.1) is 0 Å². The van der Waals surface area contributed by atoms with E-state index < -0.39 is 0 Å². The van der Waals surface area contributed by atoms with Crippen LogP contribution in [0.3, 0.4) is 0 Å². The summed E-state index contributed by atoms with van der Waals surface area (Å²) < 4.78 is 0. The van der Waals surface area contributed by atoms with E-state index in [1.165, 1.54) is 0 Å². The molecule has 0 aromatic carbocycles. The van der Waals surface area contributed by atoms with Crippen molar-refractivity contribution in [3.8, 4) is 0 Å². The second-order valence-corrected chi connectivity index (χ2v) is 3.67. The summed E-state index contributed by atoms with van der Waals surface area (Å²) in [5.41, 5.74) is 5.55. The molecule has 0 radical (unpaired) electrons. The molecule has 1 rings (SSSR count). The molecule has 0 saturated carbocycles. The maximum atomic E-state index is 5.55. The zero-order valence-electron chi connectivity index (χ0n) is 8.77. The molecule has 1 atom stereocenters. The second kappa shape index (κ2) is 5.54. The lowest BCUT2D eigenvalue weighted by Crippen LogP contribution is -2.28. The summed E-state index contributed by atoms with van der Waals surface area (Å²) in [4.78, 5) is 7.99. The van der Waals surface area contributed by atoms with Crippen molar-refractivity contribution in [2.75, 3.05) is 11.9 Å². The lowest BCUT2D eigenvalue weighted by molar-refractivity contribution is 0.497. The van der Waals surface area contributed by atoms with Gasteiger partial charge in [-0.25, -0.2) is 9.97 Å². The molecule has 0 amide bonds. The van der Waals surface area contributed by atoms with Crippen LogP contribution >= 0.6 is 0 Å². The summed E-state index contributed by atoms with van der Waals surface area (Å²) in [6.07, 6.45) is 4.24. The molecule has 4 nitrogen and oxygen atoms in total. The van der Waals surface area contributed by atoms with Crippen molar-refractivity contribution in [1.82, 2.24) is 9.97 Å². The highest BCUT2D eigenvalue weighted by Gasteiger charge is 2.11. The van der Waals surface area contributed by atoms with Crippen LogP contribution in [0.2, 0.25) is 0 Å². The van der Waals surface area contributed by atoms with Crippen LogP contribution in [0.1, 0.15) is 20.3 Å². The highest BCUT2D eigenvalue weighted by atomic mass is 15.0. The zero-order chi connectivity index (χ0) is 10.4. The normalized spacial score (nSPS) is 12.9. The largest absolute Gasteiger partial charge is 0.367 e. The van der Waals surface area contributed by atoms with Crippen LogP contribution in [-0.2, 0) is 0 Å². The van der Waals surface area contributed by atoms with E-state index >= 15 is 0 Å². The SMILES string of the molecule is CC(C)C(CCN)Nc1ccncn1. The molecular weight excluding hydrogens is 176 g/mol. The van der Waals surface area contributed by atoms with Crippen molar-refractivity contribution in [3.05, 3.63) is 18.6 Å². The molecule has 78 valence electrons. The van der Waals surface area contributed by atoms with Gasteiger partial charge in [-0.2, -0.15) is 0 Å². The average molecular weight is 194 g/mol. The molecule has 1 aromatic heterocycles. The summed E-state index contributed by atoms with van der Waals surface area (Å²) in [6, 6.07) is 2.25. The van der Waals surface area contributed by atoms with Crippen LogP contribution in [0.4, 0.5) is 5.82 Å². The van der Waals surface area contributed by atoms with E-state index in [1.54, 1.807) is 12.5 Å². The predicted molar refractivity (Wildman–Crippen MR) is 58.0 cm³/mol. The number of anilines is 1. The van der Waals surface area contributed by atoms with Crippen molar-refractivity contribution in [2.45, 2.75) is 26.3 Å². The van der Waals surface area contributed by atoms with Crippen LogP contribution in [-0.4, -0.2) is 22.6 Å². The molecule has 1 unspecified atom stereocenters. The fourth-order valence-electron chi connectivity index (χ4n) is 1.32. The minimum Gasteiger partial charge on any atom is -0.367 e. The molecule has 0 saturated heterocycles. The Bertz CT molecular complexity index is 248. The number of nitrogens with two attached hydrogens (primary N) is 1. The Kier molecular flexibility index (Phi) is 4.32. The molecule has 4 heteroatoms. The summed E-state index contributed by atoms with van der Waals surface area (Å²) in [5.74, 6) is 1.42. The maximum absolute atomic E-state index is 5.55. The molecule has 3 N–H and O–H groups in total. The van der Waals surface area contributed by atoms with Gasteiger partial charge in [-0.05, 0) is 24.9 Å². The molecule has 14 heavy (non-hydrogen) atoms. The van der Waals surface area contributed by atoms with Crippen molar-refractivity contribution < 1.29 is 0 Å². The van der Waals surface area contributed by atoms with Gasteiger partial charge in [0.2, 0.25) is 0 Å². The summed E-state index contributed by atoms with van der Waals surface area (Å²) >= 11 is 0. The molecule has 0 fully saturated rings. The van der Waals surface area contributed by atoms with Gasteiger partial charge in [0, 0.05) is 12.2 Å². The first kappa shape index (κ1) is 10.9. The van der Waals surface area contributed by atoms with E-state index in [0.717, 1.165) is 12.2 Å². The number of nitrogens with one attached hydrogen (secondary N) is 1. The van der Waals surface area contributed by atoms with Crippen molar-refractivity contribution >= 4 is 5.82 Å². The minimum atomic E-state index is 0.384. The van der Waals surface area contributed by atoms with Gasteiger partial charge < -0.3 is 11.1 Å². The molecule has 1 aromatic rings. The summed E-state index contributed by atoms with van der Waals surface area (Å²) in [5, 5.41) is 3.35. The van der Waals surface area contributed by atoms with Gasteiger partial charge in [0.1, 0.15) is 12.1 Å². The first-order valence-electron chi connectivity index (χ1n) is 4.96. The van der Waals surface area contributed by atoms with E-state index in [-0.39, 0.29) is 0 Å². The lowest BCUT2D eigenvalue weighted by Gasteiger charge is -2.21. The third-order valence-corrected chi connectivity index (χ3v) is 2.20. The zero-order valence-corrected chi connectivity index (χ0v) is 8.77. The first-order chi connectivity index (χ1) is 6.74. The Morgan fingerprint density at radius 1 is 1.50 bits per heavy atom. The van der Waals surface area contributed by atoms with Crippen LogP contribution in [0.25, 0.3) is 0 Å². The standard InChI is InChI=1S/C10H18N4/c1-8(2)9(3-5-11)14-10-4-6-12-7-13-10/h4,6-9H,3,5,11H2,1-2H3,(H,12,13,14). The van der Waals surface area contributed by atoms with Gasteiger partial charge in [0.25, 0.3) is 0 Å². The highest BCUT2D eigenvalue weighted by molar-refractivity contribution is 5.33. The van der Waals surface area contributed by atoms with Crippen LogP contribution in [0.15, 0.2) is 18.6 Å². The Labute approximate surface area is 85.0 Å². The number of hydrogen-bond donors (Lipinski definition) is 2. The van der Waals surface area contributed by atoms with Gasteiger partial charge in [-0.1, -0.05) is 13.8 Å². The van der Waals surface area contributed by atoms with E-state index in [1.807, 2.05) is 6.07 Å². The van der Waals surface area contributed by atoms with Crippen molar-refractivity contribution in [3.63, 3.8) is 0 Å². The monoisotopic (exact) mass is 194 g/mol. The van der Waals surface area contributed by atoms with Gasteiger partial charge in [0.05, 0.1) is 0 Å². The third kappa shape index (κ3) is 3.30. The Hall–Kier alpha value is -1.16. The molecular formula is C10H18N4. The van der Waals surface area contributed by atoms with Crippen molar-refractivity contribution in [1.29, 1.82) is 0 Å².